The highest BCUT2D eigenvalue weighted by molar-refractivity contribution is 9.10. The molecule has 0 unspecified atom stereocenters. The van der Waals surface area contributed by atoms with E-state index in [1.54, 1.807) is 0 Å². The minimum atomic E-state index is 0.888. The largest absolute Gasteiger partial charge is 0.134 e. The normalized spacial score (nSPS) is 12.2. The van der Waals surface area contributed by atoms with Crippen molar-refractivity contribution in [2.45, 2.75) is 13.3 Å². The van der Waals surface area contributed by atoms with E-state index in [0.29, 0.717) is 0 Å². The van der Waals surface area contributed by atoms with Gasteiger partial charge >= 0.3 is 0 Å². The average Bonchev–Trinajstić information content (AvgIpc) is 3.53. The maximum Gasteiger partial charge on any atom is 0.0449 e. The first-order valence-electron chi connectivity index (χ1n) is 10.9. The number of halogens is 1. The van der Waals surface area contributed by atoms with Gasteiger partial charge in [-0.1, -0.05) is 72.8 Å². The molecule has 2 aromatic heterocycles. The molecule has 2 heterocycles. The summed E-state index contributed by atoms with van der Waals surface area (Å²) in [6.45, 7) is 5.90. The Kier molecular flexibility index (Phi) is 6.45. The molecule has 0 atom stereocenters. The first-order chi connectivity index (χ1) is 16.2. The van der Waals surface area contributed by atoms with Gasteiger partial charge in [0.05, 0.1) is 0 Å². The Hall–Kier alpha value is -2.72. The second-order valence-electron chi connectivity index (χ2n) is 7.78. The molecule has 0 aliphatic carbocycles. The topological polar surface area (TPSA) is 0 Å². The molecule has 0 N–H and O–H groups in total. The monoisotopic (exact) mass is 526 g/mol. The number of rotatable bonds is 6. The maximum absolute atomic E-state index is 3.87. The quantitative estimate of drug-likeness (QED) is 0.117. The number of hydrogen-bond acceptors (Lipinski definition) is 2. The van der Waals surface area contributed by atoms with Crippen LogP contribution in [-0.4, -0.2) is 0 Å². The fourth-order valence-electron chi connectivity index (χ4n) is 4.18. The molecule has 5 aromatic rings. The zero-order chi connectivity index (χ0) is 22.8. The van der Waals surface area contributed by atoms with E-state index >= 15 is 0 Å². The van der Waals surface area contributed by atoms with Crippen LogP contribution in [0.15, 0.2) is 108 Å². The lowest BCUT2D eigenvalue weighted by Crippen LogP contribution is -1.85. The molecule has 0 amide bonds. The van der Waals surface area contributed by atoms with Gasteiger partial charge in [0.25, 0.3) is 0 Å². The van der Waals surface area contributed by atoms with Crippen molar-refractivity contribution in [2.24, 2.45) is 0 Å². The number of thiophene rings is 2. The van der Waals surface area contributed by atoms with Gasteiger partial charge in [-0.3, -0.25) is 0 Å². The Morgan fingerprint density at radius 1 is 0.788 bits per heavy atom. The maximum atomic E-state index is 3.87. The van der Waals surface area contributed by atoms with Crippen LogP contribution in [0.4, 0.5) is 0 Å². The molecule has 0 nitrogen and oxygen atoms in total. The summed E-state index contributed by atoms with van der Waals surface area (Å²) in [4.78, 5) is 5.21. The smallest absolute Gasteiger partial charge is 0.0449 e. The Bertz CT molecular complexity index is 1470. The van der Waals surface area contributed by atoms with Gasteiger partial charge in [-0.05, 0) is 80.7 Å². The van der Waals surface area contributed by atoms with E-state index < -0.39 is 0 Å². The lowest BCUT2D eigenvalue weighted by atomic mass is 9.96. The summed E-state index contributed by atoms with van der Waals surface area (Å²) in [6.07, 6.45) is 9.34. The lowest BCUT2D eigenvalue weighted by molar-refractivity contribution is 1.41. The summed E-state index contributed by atoms with van der Waals surface area (Å²) in [5, 5.41) is 5.07. The highest BCUT2D eigenvalue weighted by Crippen LogP contribution is 2.46. The van der Waals surface area contributed by atoms with Gasteiger partial charge in [-0.25, -0.2) is 0 Å². The Morgan fingerprint density at radius 3 is 2.00 bits per heavy atom. The molecule has 0 radical (unpaired) electrons. The minimum absolute atomic E-state index is 0.888. The summed E-state index contributed by atoms with van der Waals surface area (Å²) in [5.74, 6) is 0. The van der Waals surface area contributed by atoms with Crippen molar-refractivity contribution in [2.75, 3.05) is 0 Å². The predicted molar refractivity (Wildman–Crippen MR) is 153 cm³/mol. The van der Waals surface area contributed by atoms with Crippen LogP contribution in [0.5, 0.6) is 0 Å². The van der Waals surface area contributed by atoms with Crippen molar-refractivity contribution in [1.82, 2.24) is 0 Å². The molecular formula is C30H23BrS2. The van der Waals surface area contributed by atoms with Crippen molar-refractivity contribution in [1.29, 1.82) is 0 Å². The molecule has 5 rings (SSSR count). The van der Waals surface area contributed by atoms with Crippen LogP contribution in [0.2, 0.25) is 0 Å². The van der Waals surface area contributed by atoms with Gasteiger partial charge in [0.1, 0.15) is 0 Å². The number of allylic oxidation sites excluding steroid dienone is 5. The Morgan fingerprint density at radius 2 is 1.36 bits per heavy atom. The molecule has 0 aliphatic rings. The third kappa shape index (κ3) is 4.17. The summed E-state index contributed by atoms with van der Waals surface area (Å²) in [5.41, 5.74) is 2.58. The first-order valence-corrected chi connectivity index (χ1v) is 13.4. The number of benzene rings is 3. The van der Waals surface area contributed by atoms with Crippen LogP contribution in [0.25, 0.3) is 47.3 Å². The van der Waals surface area contributed by atoms with Crippen molar-refractivity contribution in [3.05, 3.63) is 113 Å². The molecule has 3 aromatic carbocycles. The Labute approximate surface area is 211 Å². The lowest BCUT2D eigenvalue weighted by Gasteiger charge is -2.12. The van der Waals surface area contributed by atoms with E-state index in [0.717, 1.165) is 6.42 Å². The zero-order valence-corrected chi connectivity index (χ0v) is 21.6. The van der Waals surface area contributed by atoms with Crippen LogP contribution in [-0.2, 0) is 0 Å². The standard InChI is InChI=1S/C30H23BrS2/c1-3-5-6-11-20(4-2)25-16-17-26(32-25)27-18-19-28(33-27)29-21-12-7-9-14-23(21)30(31)24-15-10-8-13-22(24)29/h3-4,6-19H,1,5H2,2H3/b11-6-,20-4+. The van der Waals surface area contributed by atoms with E-state index in [1.807, 2.05) is 28.7 Å². The highest BCUT2D eigenvalue weighted by atomic mass is 79.9. The first kappa shape index (κ1) is 22.1. The summed E-state index contributed by atoms with van der Waals surface area (Å²) < 4.78 is 1.17. The van der Waals surface area contributed by atoms with E-state index in [9.17, 15) is 0 Å². The van der Waals surface area contributed by atoms with Gasteiger partial charge in [-0.15, -0.1) is 29.3 Å². The van der Waals surface area contributed by atoms with Crippen LogP contribution < -0.4 is 0 Å². The average molecular weight is 528 g/mol. The SMILES string of the molecule is C=CC/C=C\C(=C/C)c1ccc(-c2ccc(-c3c4ccccc4c(Br)c4ccccc34)s2)s1. The van der Waals surface area contributed by atoms with Crippen molar-refractivity contribution >= 4 is 65.7 Å². The zero-order valence-electron chi connectivity index (χ0n) is 18.3. The second kappa shape index (κ2) is 9.64. The molecular weight excluding hydrogens is 504 g/mol. The molecule has 0 aliphatic heterocycles. The summed E-state index contributed by atoms with van der Waals surface area (Å²) in [6, 6.07) is 26.4. The van der Waals surface area contributed by atoms with E-state index in [2.05, 4.69) is 120 Å². The van der Waals surface area contributed by atoms with Gasteiger partial charge in [0, 0.05) is 29.5 Å². The number of hydrogen-bond donors (Lipinski definition) is 0. The van der Waals surface area contributed by atoms with Gasteiger partial charge in [0.15, 0.2) is 0 Å². The predicted octanol–water partition coefficient (Wildman–Crippen LogP) is 10.7. The van der Waals surface area contributed by atoms with Crippen molar-refractivity contribution in [3.63, 3.8) is 0 Å². The summed E-state index contributed by atoms with van der Waals surface area (Å²) in [7, 11) is 0. The molecule has 33 heavy (non-hydrogen) atoms. The van der Waals surface area contributed by atoms with Crippen molar-refractivity contribution < 1.29 is 0 Å². The van der Waals surface area contributed by atoms with E-state index in [4.69, 9.17) is 0 Å². The van der Waals surface area contributed by atoms with Gasteiger partial charge in [0.2, 0.25) is 0 Å². The molecule has 0 bridgehead atoms. The summed E-state index contributed by atoms with van der Waals surface area (Å²) >= 11 is 7.59. The fraction of sp³-hybridized carbons (Fsp3) is 0.0667. The third-order valence-corrected chi connectivity index (χ3v) is 9.05. The van der Waals surface area contributed by atoms with Crippen LogP contribution in [0.1, 0.15) is 18.2 Å². The molecule has 0 saturated heterocycles. The fourth-order valence-corrected chi connectivity index (χ4v) is 7.11. The highest BCUT2D eigenvalue weighted by Gasteiger charge is 2.16. The third-order valence-electron chi connectivity index (χ3n) is 5.76. The van der Waals surface area contributed by atoms with Crippen LogP contribution >= 0.6 is 38.6 Å². The van der Waals surface area contributed by atoms with Gasteiger partial charge < -0.3 is 0 Å². The van der Waals surface area contributed by atoms with Gasteiger partial charge in [-0.2, -0.15) is 0 Å². The molecule has 0 saturated carbocycles. The molecule has 0 spiro atoms. The molecule has 3 heteroatoms. The second-order valence-corrected chi connectivity index (χ2v) is 10.7. The van der Waals surface area contributed by atoms with Crippen LogP contribution in [0, 0.1) is 0 Å². The Balaban J connectivity index is 1.60. The molecule has 162 valence electrons. The molecule has 0 fully saturated rings. The van der Waals surface area contributed by atoms with E-state index in [-0.39, 0.29) is 0 Å². The number of fused-ring (bicyclic) bond motifs is 2. The minimum Gasteiger partial charge on any atom is -0.134 e. The van der Waals surface area contributed by atoms with Crippen LogP contribution in [0.3, 0.4) is 0 Å². The van der Waals surface area contributed by atoms with E-state index in [1.165, 1.54) is 56.7 Å². The van der Waals surface area contributed by atoms with Crippen molar-refractivity contribution in [3.8, 4) is 20.2 Å².